The molecule has 0 N–H and O–H groups in total. The van der Waals surface area contributed by atoms with Crippen LogP contribution in [-0.4, -0.2) is 11.3 Å². The minimum Gasteiger partial charge on any atom is -0.460 e. The molecular formula is C23H23Cl2NO2. The molecule has 1 unspecified atom stereocenters. The second-order valence-corrected chi connectivity index (χ2v) is 8.18. The van der Waals surface area contributed by atoms with Crippen LogP contribution in [0.25, 0.3) is 0 Å². The third kappa shape index (κ3) is 5.28. The molecule has 0 bridgehead atoms. The SMILES string of the molecule is N#Cc1cc(CC(Cl)C(=O)OCc2ccccc2)cc(Cl)c1C1CCCCC1. The third-order valence-corrected chi connectivity index (χ3v) is 5.86. The lowest BCUT2D eigenvalue weighted by atomic mass is 9.81. The lowest BCUT2D eigenvalue weighted by Gasteiger charge is -2.24. The van der Waals surface area contributed by atoms with Crippen molar-refractivity contribution in [3.8, 4) is 6.07 Å². The number of benzene rings is 2. The molecule has 0 amide bonds. The Hall–Kier alpha value is -2.02. The zero-order valence-corrected chi connectivity index (χ0v) is 17.2. The fraction of sp³-hybridized carbons (Fsp3) is 0.391. The molecule has 1 saturated carbocycles. The van der Waals surface area contributed by atoms with Crippen molar-refractivity contribution in [3.05, 3.63) is 69.7 Å². The van der Waals surface area contributed by atoms with Crippen LogP contribution in [0.3, 0.4) is 0 Å². The van der Waals surface area contributed by atoms with E-state index in [4.69, 9.17) is 27.9 Å². The van der Waals surface area contributed by atoms with E-state index in [0.717, 1.165) is 29.5 Å². The van der Waals surface area contributed by atoms with Gasteiger partial charge in [0.25, 0.3) is 0 Å². The monoisotopic (exact) mass is 415 g/mol. The minimum atomic E-state index is -0.827. The van der Waals surface area contributed by atoms with E-state index in [1.807, 2.05) is 42.5 Å². The summed E-state index contributed by atoms with van der Waals surface area (Å²) in [6.07, 6.45) is 5.99. The normalized spacial score (nSPS) is 15.6. The van der Waals surface area contributed by atoms with Crippen LogP contribution in [0, 0.1) is 11.3 Å². The van der Waals surface area contributed by atoms with Crippen molar-refractivity contribution < 1.29 is 9.53 Å². The Morgan fingerprint density at radius 2 is 1.86 bits per heavy atom. The van der Waals surface area contributed by atoms with Crippen molar-refractivity contribution in [1.82, 2.24) is 0 Å². The van der Waals surface area contributed by atoms with Gasteiger partial charge in [-0.25, -0.2) is 0 Å². The van der Waals surface area contributed by atoms with Crippen LogP contribution in [-0.2, 0) is 22.6 Å². The molecule has 0 aliphatic heterocycles. The topological polar surface area (TPSA) is 50.1 Å². The van der Waals surface area contributed by atoms with Crippen LogP contribution in [0.15, 0.2) is 42.5 Å². The van der Waals surface area contributed by atoms with Crippen molar-refractivity contribution in [2.45, 2.75) is 56.4 Å². The van der Waals surface area contributed by atoms with Crippen LogP contribution >= 0.6 is 23.2 Å². The van der Waals surface area contributed by atoms with Gasteiger partial charge in [0.1, 0.15) is 12.0 Å². The molecule has 2 aromatic carbocycles. The van der Waals surface area contributed by atoms with E-state index >= 15 is 0 Å². The van der Waals surface area contributed by atoms with E-state index in [2.05, 4.69) is 6.07 Å². The molecule has 3 nitrogen and oxygen atoms in total. The maximum atomic E-state index is 12.2. The summed E-state index contributed by atoms with van der Waals surface area (Å²) >= 11 is 12.8. The predicted octanol–water partition coefficient (Wildman–Crippen LogP) is 6.15. The maximum absolute atomic E-state index is 12.2. The Bertz CT molecular complexity index is 855. The van der Waals surface area contributed by atoms with Crippen molar-refractivity contribution in [2.24, 2.45) is 0 Å². The van der Waals surface area contributed by atoms with Gasteiger partial charge < -0.3 is 4.74 Å². The number of carbonyl (C=O) groups is 1. The number of esters is 1. The number of nitrogens with zero attached hydrogens (tertiary/aromatic N) is 1. The Morgan fingerprint density at radius 3 is 2.54 bits per heavy atom. The molecule has 1 fully saturated rings. The molecule has 0 radical (unpaired) electrons. The van der Waals surface area contributed by atoms with Gasteiger partial charge in [0.15, 0.2) is 0 Å². The van der Waals surface area contributed by atoms with Gasteiger partial charge in [-0.3, -0.25) is 4.79 Å². The first-order valence-corrected chi connectivity index (χ1v) is 10.5. The van der Waals surface area contributed by atoms with Crippen molar-refractivity contribution in [3.63, 3.8) is 0 Å². The number of halogens is 2. The van der Waals surface area contributed by atoms with E-state index < -0.39 is 11.3 Å². The summed E-state index contributed by atoms with van der Waals surface area (Å²) in [5.74, 6) is -0.135. The lowest BCUT2D eigenvalue weighted by Crippen LogP contribution is -2.20. The summed E-state index contributed by atoms with van der Waals surface area (Å²) in [5, 5.41) is 9.39. The second-order valence-electron chi connectivity index (χ2n) is 7.25. The highest BCUT2D eigenvalue weighted by atomic mass is 35.5. The zero-order valence-electron chi connectivity index (χ0n) is 15.7. The van der Waals surface area contributed by atoms with Gasteiger partial charge in [0, 0.05) is 5.02 Å². The molecule has 0 aromatic heterocycles. The van der Waals surface area contributed by atoms with Crippen molar-refractivity contribution >= 4 is 29.2 Å². The highest BCUT2D eigenvalue weighted by molar-refractivity contribution is 6.32. The molecule has 5 heteroatoms. The second kappa shape index (κ2) is 9.96. The summed E-state index contributed by atoms with van der Waals surface area (Å²) in [6, 6.07) is 15.4. The van der Waals surface area contributed by atoms with Crippen molar-refractivity contribution in [1.29, 1.82) is 5.26 Å². The number of carbonyl (C=O) groups excluding carboxylic acids is 1. The summed E-state index contributed by atoms with van der Waals surface area (Å²) in [5.41, 5.74) is 3.23. The van der Waals surface area contributed by atoms with Gasteiger partial charge >= 0.3 is 5.97 Å². The number of alkyl halides is 1. The molecule has 1 aliphatic rings. The molecule has 3 rings (SSSR count). The van der Waals surface area contributed by atoms with E-state index in [9.17, 15) is 10.1 Å². The number of ether oxygens (including phenoxy) is 1. The average Bonchev–Trinajstić information content (AvgIpc) is 2.72. The summed E-state index contributed by atoms with van der Waals surface area (Å²) in [6.45, 7) is 0.188. The molecule has 0 heterocycles. The highest BCUT2D eigenvalue weighted by Gasteiger charge is 2.24. The minimum absolute atomic E-state index is 0.188. The molecule has 1 aliphatic carbocycles. The molecule has 2 aromatic rings. The summed E-state index contributed by atoms with van der Waals surface area (Å²) in [4.78, 5) is 12.2. The fourth-order valence-corrected chi connectivity index (χ4v) is 4.44. The quantitative estimate of drug-likeness (QED) is 0.419. The smallest absolute Gasteiger partial charge is 0.324 e. The molecule has 0 spiro atoms. The number of hydrogen-bond acceptors (Lipinski definition) is 3. The molecule has 0 saturated heterocycles. The van der Waals surface area contributed by atoms with E-state index in [1.54, 1.807) is 0 Å². The molecular weight excluding hydrogens is 393 g/mol. The molecule has 1 atom stereocenters. The first-order chi connectivity index (χ1) is 13.6. The Labute approximate surface area is 176 Å². The number of rotatable bonds is 6. The zero-order chi connectivity index (χ0) is 19.9. The first kappa shape index (κ1) is 20.7. The summed E-state index contributed by atoms with van der Waals surface area (Å²) < 4.78 is 5.30. The Kier molecular flexibility index (Phi) is 7.36. The average molecular weight is 416 g/mol. The van der Waals surface area contributed by atoms with E-state index in [-0.39, 0.29) is 13.0 Å². The van der Waals surface area contributed by atoms with Crippen LogP contribution in [0.5, 0.6) is 0 Å². The van der Waals surface area contributed by atoms with Gasteiger partial charge in [-0.1, -0.05) is 61.2 Å². The van der Waals surface area contributed by atoms with E-state index in [1.165, 1.54) is 19.3 Å². The van der Waals surface area contributed by atoms with Crippen LogP contribution in [0.2, 0.25) is 5.02 Å². The van der Waals surface area contributed by atoms with E-state index in [0.29, 0.717) is 16.5 Å². The van der Waals surface area contributed by atoms with Crippen LogP contribution in [0.1, 0.15) is 60.3 Å². The maximum Gasteiger partial charge on any atom is 0.324 e. The standard InChI is InChI=1S/C23H23Cl2NO2/c24-20-12-17(11-19(14-26)22(20)18-9-5-2-6-10-18)13-21(25)23(27)28-15-16-7-3-1-4-8-16/h1,3-4,7-8,11-12,18,21H,2,5-6,9-10,13,15H2. The first-order valence-electron chi connectivity index (χ1n) is 9.65. The van der Waals surface area contributed by atoms with Gasteiger partial charge in [-0.05, 0) is 54.0 Å². The van der Waals surface area contributed by atoms with Gasteiger partial charge in [0.2, 0.25) is 0 Å². The van der Waals surface area contributed by atoms with Crippen molar-refractivity contribution in [2.75, 3.05) is 0 Å². The van der Waals surface area contributed by atoms with Gasteiger partial charge in [-0.2, -0.15) is 5.26 Å². The van der Waals surface area contributed by atoms with Crippen LogP contribution in [0.4, 0.5) is 0 Å². The van der Waals surface area contributed by atoms with Crippen LogP contribution < -0.4 is 0 Å². The third-order valence-electron chi connectivity index (χ3n) is 5.22. The number of hydrogen-bond donors (Lipinski definition) is 0. The lowest BCUT2D eigenvalue weighted by molar-refractivity contribution is -0.144. The molecule has 28 heavy (non-hydrogen) atoms. The van der Waals surface area contributed by atoms with Gasteiger partial charge in [-0.15, -0.1) is 11.6 Å². The fourth-order valence-electron chi connectivity index (χ4n) is 3.80. The van der Waals surface area contributed by atoms with Gasteiger partial charge in [0.05, 0.1) is 11.6 Å². The largest absolute Gasteiger partial charge is 0.460 e. The Balaban J connectivity index is 1.67. The number of nitriles is 1. The summed E-state index contributed by atoms with van der Waals surface area (Å²) in [7, 11) is 0. The molecule has 146 valence electrons. The predicted molar refractivity (Wildman–Crippen MR) is 112 cm³/mol. The Morgan fingerprint density at radius 1 is 1.14 bits per heavy atom. The highest BCUT2D eigenvalue weighted by Crippen LogP contribution is 2.39.